The average molecular weight is 175 g/mol. The zero-order valence-corrected chi connectivity index (χ0v) is 7.06. The second kappa shape index (κ2) is 4.39. The third-order valence-electron chi connectivity index (χ3n) is 1.60. The molecule has 0 radical (unpaired) electrons. The quantitative estimate of drug-likeness (QED) is 0.474. The van der Waals surface area contributed by atoms with Crippen molar-refractivity contribution < 1.29 is 9.53 Å². The van der Waals surface area contributed by atoms with Crippen LogP contribution in [-0.4, -0.2) is 11.8 Å². The van der Waals surface area contributed by atoms with Gasteiger partial charge in [0, 0.05) is 6.42 Å². The standard InChI is InChI=1S/C8H11ClO2/c9-6-8(10)11-7-4-2-1-3-5-7/h4H,1-3,5-6H2. The molecule has 1 aliphatic rings. The van der Waals surface area contributed by atoms with Gasteiger partial charge in [-0.05, 0) is 25.3 Å². The third-order valence-corrected chi connectivity index (χ3v) is 1.82. The molecule has 0 aromatic carbocycles. The summed E-state index contributed by atoms with van der Waals surface area (Å²) < 4.78 is 4.93. The Morgan fingerprint density at radius 2 is 2.45 bits per heavy atom. The Morgan fingerprint density at radius 1 is 1.64 bits per heavy atom. The topological polar surface area (TPSA) is 26.3 Å². The summed E-state index contributed by atoms with van der Waals surface area (Å²) in [7, 11) is 0. The summed E-state index contributed by atoms with van der Waals surface area (Å²) in [5.74, 6) is 0.388. The molecule has 0 spiro atoms. The van der Waals surface area contributed by atoms with Crippen molar-refractivity contribution >= 4 is 17.6 Å². The summed E-state index contributed by atoms with van der Waals surface area (Å²) in [5, 5.41) is 0. The summed E-state index contributed by atoms with van der Waals surface area (Å²) in [6.07, 6.45) is 6.17. The van der Waals surface area contributed by atoms with E-state index in [-0.39, 0.29) is 11.8 Å². The predicted molar refractivity (Wildman–Crippen MR) is 43.4 cm³/mol. The van der Waals surface area contributed by atoms with Crippen LogP contribution >= 0.6 is 11.6 Å². The molecular formula is C8H11ClO2. The van der Waals surface area contributed by atoms with Crippen LogP contribution in [0, 0.1) is 0 Å². The molecule has 0 atom stereocenters. The molecular weight excluding hydrogens is 164 g/mol. The number of hydrogen-bond donors (Lipinski definition) is 0. The summed E-state index contributed by atoms with van der Waals surface area (Å²) in [6.45, 7) is 0. The van der Waals surface area contributed by atoms with E-state index in [0.717, 1.165) is 25.0 Å². The maximum absolute atomic E-state index is 10.7. The number of halogens is 1. The van der Waals surface area contributed by atoms with E-state index in [1.54, 1.807) is 0 Å². The molecule has 1 rings (SSSR count). The summed E-state index contributed by atoms with van der Waals surface area (Å²) >= 11 is 5.27. The number of rotatable bonds is 2. The van der Waals surface area contributed by atoms with Gasteiger partial charge in [0.25, 0.3) is 0 Å². The van der Waals surface area contributed by atoms with E-state index in [1.165, 1.54) is 6.42 Å². The number of esters is 1. The van der Waals surface area contributed by atoms with E-state index in [2.05, 4.69) is 0 Å². The second-order valence-corrected chi connectivity index (χ2v) is 2.79. The van der Waals surface area contributed by atoms with E-state index in [1.807, 2.05) is 6.08 Å². The predicted octanol–water partition coefficient (Wildman–Crippen LogP) is 2.23. The minimum Gasteiger partial charge on any atom is -0.431 e. The fourth-order valence-electron chi connectivity index (χ4n) is 1.07. The molecule has 0 saturated carbocycles. The lowest BCUT2D eigenvalue weighted by Crippen LogP contribution is -2.07. The Hall–Kier alpha value is -0.500. The Morgan fingerprint density at radius 3 is 3.00 bits per heavy atom. The molecule has 0 aromatic rings. The number of ether oxygens (including phenoxy) is 1. The highest BCUT2D eigenvalue weighted by molar-refractivity contribution is 6.26. The van der Waals surface area contributed by atoms with E-state index < -0.39 is 0 Å². The molecule has 0 heterocycles. The largest absolute Gasteiger partial charge is 0.431 e. The molecule has 2 nitrogen and oxygen atoms in total. The van der Waals surface area contributed by atoms with Gasteiger partial charge in [0.2, 0.25) is 0 Å². The van der Waals surface area contributed by atoms with Gasteiger partial charge in [0.1, 0.15) is 11.6 Å². The minimum atomic E-state index is -0.347. The SMILES string of the molecule is O=C(CCl)OC1=CCCCC1. The molecule has 0 N–H and O–H groups in total. The van der Waals surface area contributed by atoms with Gasteiger partial charge in [-0.2, -0.15) is 0 Å². The molecule has 0 saturated heterocycles. The lowest BCUT2D eigenvalue weighted by Gasteiger charge is -2.11. The Kier molecular flexibility index (Phi) is 3.43. The normalized spacial score (nSPS) is 17.4. The zero-order chi connectivity index (χ0) is 8.10. The fraction of sp³-hybridized carbons (Fsp3) is 0.625. The van der Waals surface area contributed by atoms with Crippen LogP contribution in [0.1, 0.15) is 25.7 Å². The van der Waals surface area contributed by atoms with Crippen LogP contribution in [0.2, 0.25) is 0 Å². The third kappa shape index (κ3) is 2.93. The molecule has 62 valence electrons. The molecule has 0 bridgehead atoms. The Bertz CT molecular complexity index is 175. The van der Waals surface area contributed by atoms with Gasteiger partial charge in [0.15, 0.2) is 0 Å². The van der Waals surface area contributed by atoms with E-state index in [0.29, 0.717) is 0 Å². The first-order valence-electron chi connectivity index (χ1n) is 3.78. The van der Waals surface area contributed by atoms with Crippen LogP contribution in [0.15, 0.2) is 11.8 Å². The highest BCUT2D eigenvalue weighted by atomic mass is 35.5. The first-order valence-corrected chi connectivity index (χ1v) is 4.32. The van der Waals surface area contributed by atoms with E-state index in [4.69, 9.17) is 16.3 Å². The van der Waals surface area contributed by atoms with Crippen molar-refractivity contribution in [2.45, 2.75) is 25.7 Å². The highest BCUT2D eigenvalue weighted by Gasteiger charge is 2.08. The second-order valence-electron chi connectivity index (χ2n) is 2.52. The number of carbonyl (C=O) groups excluding carboxylic acids is 1. The Balaban J connectivity index is 2.35. The van der Waals surface area contributed by atoms with Crippen LogP contribution in [0.25, 0.3) is 0 Å². The van der Waals surface area contributed by atoms with Crippen LogP contribution in [-0.2, 0) is 9.53 Å². The van der Waals surface area contributed by atoms with Crippen molar-refractivity contribution in [2.75, 3.05) is 5.88 Å². The summed E-state index contributed by atoms with van der Waals surface area (Å²) in [4.78, 5) is 10.7. The molecule has 11 heavy (non-hydrogen) atoms. The number of hydrogen-bond acceptors (Lipinski definition) is 2. The lowest BCUT2D eigenvalue weighted by molar-refractivity contribution is -0.136. The van der Waals surface area contributed by atoms with E-state index >= 15 is 0 Å². The van der Waals surface area contributed by atoms with Gasteiger partial charge in [0.05, 0.1) is 0 Å². The lowest BCUT2D eigenvalue weighted by atomic mass is 10.1. The first kappa shape index (κ1) is 8.60. The molecule has 0 fully saturated rings. The maximum atomic E-state index is 10.7. The van der Waals surface area contributed by atoms with Crippen molar-refractivity contribution in [3.8, 4) is 0 Å². The van der Waals surface area contributed by atoms with Gasteiger partial charge < -0.3 is 4.74 Å². The Labute approximate surface area is 71.2 Å². The monoisotopic (exact) mass is 174 g/mol. The van der Waals surface area contributed by atoms with Gasteiger partial charge in [-0.3, -0.25) is 4.79 Å². The minimum absolute atomic E-state index is 0.0582. The average Bonchev–Trinajstić information content (AvgIpc) is 2.06. The van der Waals surface area contributed by atoms with E-state index in [9.17, 15) is 4.79 Å². The van der Waals surface area contributed by atoms with Crippen molar-refractivity contribution in [1.82, 2.24) is 0 Å². The van der Waals surface area contributed by atoms with Gasteiger partial charge in [-0.1, -0.05) is 0 Å². The van der Waals surface area contributed by atoms with Crippen LogP contribution in [0.4, 0.5) is 0 Å². The number of allylic oxidation sites excluding steroid dienone is 2. The van der Waals surface area contributed by atoms with Crippen molar-refractivity contribution in [3.05, 3.63) is 11.8 Å². The van der Waals surface area contributed by atoms with Crippen LogP contribution in [0.3, 0.4) is 0 Å². The summed E-state index contributed by atoms with van der Waals surface area (Å²) in [5.41, 5.74) is 0. The molecule has 1 aliphatic carbocycles. The molecule has 0 amide bonds. The smallest absolute Gasteiger partial charge is 0.325 e. The molecule has 0 aliphatic heterocycles. The molecule has 3 heteroatoms. The summed E-state index contributed by atoms with van der Waals surface area (Å²) in [6, 6.07) is 0. The highest BCUT2D eigenvalue weighted by Crippen LogP contribution is 2.18. The fourth-order valence-corrected chi connectivity index (χ4v) is 1.13. The number of alkyl halides is 1. The van der Waals surface area contributed by atoms with Crippen molar-refractivity contribution in [3.63, 3.8) is 0 Å². The molecule has 0 unspecified atom stereocenters. The maximum Gasteiger partial charge on any atom is 0.325 e. The van der Waals surface area contributed by atoms with Crippen molar-refractivity contribution in [1.29, 1.82) is 0 Å². The van der Waals surface area contributed by atoms with Crippen molar-refractivity contribution in [2.24, 2.45) is 0 Å². The van der Waals surface area contributed by atoms with Gasteiger partial charge in [-0.25, -0.2) is 0 Å². The van der Waals surface area contributed by atoms with Crippen LogP contribution < -0.4 is 0 Å². The van der Waals surface area contributed by atoms with Crippen LogP contribution in [0.5, 0.6) is 0 Å². The molecule has 0 aromatic heterocycles. The van der Waals surface area contributed by atoms with Gasteiger partial charge in [-0.15, -0.1) is 11.6 Å². The number of carbonyl (C=O) groups is 1. The zero-order valence-electron chi connectivity index (χ0n) is 6.31. The first-order chi connectivity index (χ1) is 5.33. The van der Waals surface area contributed by atoms with Gasteiger partial charge >= 0.3 is 5.97 Å².